The van der Waals surface area contributed by atoms with E-state index < -0.39 is 41.2 Å². The molecule has 15 heteroatoms. The molecule has 2 aliphatic heterocycles. The van der Waals surface area contributed by atoms with Crippen LogP contribution in [0.25, 0.3) is 11.1 Å². The van der Waals surface area contributed by atoms with E-state index in [1.54, 1.807) is 29.2 Å². The molecule has 276 valence electrons. The number of para-hydroxylation sites is 2. The molecule has 1 spiro atoms. The lowest BCUT2D eigenvalue weighted by molar-refractivity contribution is -0.274. The standard InChI is InChI=1S/C37H36F7N5O3/c1-34(2,3)20-48-16-14-35(15-17-48)21-49(32-28(50)18-25(38)30(31(32)35)22-8-13-29(45-19-22)36(39,40)41)27-7-5-4-6-26(27)47-33(51)46-23-9-11-24(12-10-23)52-37(42,43)44/h4-13,18-19,50H,14-17,20-21H2,1-3H3,(H2,46,47,51). The number of piperidine rings is 1. The normalized spacial score (nSPS) is 16.2. The monoisotopic (exact) mass is 731 g/mol. The number of hydrogen-bond donors (Lipinski definition) is 3. The lowest BCUT2D eigenvalue weighted by Gasteiger charge is -2.42. The van der Waals surface area contributed by atoms with Crippen molar-refractivity contribution in [2.24, 2.45) is 5.41 Å². The zero-order valence-electron chi connectivity index (χ0n) is 28.4. The minimum absolute atomic E-state index is 0.00955. The predicted octanol–water partition coefficient (Wildman–Crippen LogP) is 9.69. The van der Waals surface area contributed by atoms with Gasteiger partial charge in [0.2, 0.25) is 0 Å². The number of nitrogens with zero attached hydrogens (tertiary/aromatic N) is 3. The van der Waals surface area contributed by atoms with Gasteiger partial charge in [0.15, 0.2) is 0 Å². The highest BCUT2D eigenvalue weighted by atomic mass is 19.4. The van der Waals surface area contributed by atoms with Gasteiger partial charge in [-0.3, -0.25) is 4.98 Å². The molecule has 0 radical (unpaired) electrons. The van der Waals surface area contributed by atoms with Crippen LogP contribution in [0.15, 0.2) is 72.9 Å². The van der Waals surface area contributed by atoms with Gasteiger partial charge in [0.1, 0.15) is 23.0 Å². The van der Waals surface area contributed by atoms with Gasteiger partial charge < -0.3 is 30.3 Å². The fraction of sp³-hybridized carbons (Fsp3) is 0.351. The number of halogens is 7. The van der Waals surface area contributed by atoms with E-state index in [4.69, 9.17) is 0 Å². The second-order valence-corrected chi connectivity index (χ2v) is 14.3. The Labute approximate surface area is 295 Å². The number of urea groups is 1. The number of hydrogen-bond acceptors (Lipinski definition) is 6. The quantitative estimate of drug-likeness (QED) is 0.171. The summed E-state index contributed by atoms with van der Waals surface area (Å²) >= 11 is 0. The van der Waals surface area contributed by atoms with Crippen LogP contribution in [0.3, 0.4) is 0 Å². The molecule has 1 saturated heterocycles. The largest absolute Gasteiger partial charge is 0.573 e. The highest BCUT2D eigenvalue weighted by Gasteiger charge is 2.49. The first-order valence-electron chi connectivity index (χ1n) is 16.4. The first-order valence-corrected chi connectivity index (χ1v) is 16.4. The molecule has 0 unspecified atom stereocenters. The molecule has 3 aromatic carbocycles. The van der Waals surface area contributed by atoms with Crippen LogP contribution in [0.2, 0.25) is 0 Å². The van der Waals surface area contributed by atoms with Crippen LogP contribution in [0.5, 0.6) is 11.5 Å². The fourth-order valence-corrected chi connectivity index (χ4v) is 7.13. The minimum atomic E-state index is -4.87. The average Bonchev–Trinajstić information content (AvgIpc) is 3.36. The second-order valence-electron chi connectivity index (χ2n) is 14.3. The van der Waals surface area contributed by atoms with Crippen molar-refractivity contribution < 1.29 is 45.4 Å². The molecule has 52 heavy (non-hydrogen) atoms. The Morgan fingerprint density at radius 3 is 2.21 bits per heavy atom. The number of phenols is 1. The van der Waals surface area contributed by atoms with E-state index >= 15 is 4.39 Å². The van der Waals surface area contributed by atoms with Crippen LogP contribution in [-0.2, 0) is 11.6 Å². The van der Waals surface area contributed by atoms with E-state index in [1.165, 1.54) is 18.2 Å². The van der Waals surface area contributed by atoms with Gasteiger partial charge in [0.25, 0.3) is 0 Å². The number of fused-ring (bicyclic) bond motifs is 2. The number of anilines is 4. The van der Waals surface area contributed by atoms with Crippen LogP contribution in [0.4, 0.5) is 58.3 Å². The first kappa shape index (κ1) is 36.7. The van der Waals surface area contributed by atoms with Crippen molar-refractivity contribution in [3.63, 3.8) is 0 Å². The summed E-state index contributed by atoms with van der Waals surface area (Å²) in [5, 5.41) is 16.7. The number of aromatic hydroxyl groups is 1. The fourth-order valence-electron chi connectivity index (χ4n) is 7.13. The van der Waals surface area contributed by atoms with E-state index in [0.717, 1.165) is 37.0 Å². The van der Waals surface area contributed by atoms with Crippen LogP contribution in [-0.4, -0.2) is 53.6 Å². The third kappa shape index (κ3) is 7.88. The van der Waals surface area contributed by atoms with E-state index in [9.17, 15) is 36.2 Å². The molecule has 8 nitrogen and oxygen atoms in total. The molecule has 6 rings (SSSR count). The number of alkyl halides is 6. The molecule has 3 heterocycles. The summed E-state index contributed by atoms with van der Waals surface area (Å²) in [5.74, 6) is -1.66. The van der Waals surface area contributed by atoms with Crippen molar-refractivity contribution in [3.05, 3.63) is 90.0 Å². The van der Waals surface area contributed by atoms with Crippen molar-refractivity contribution in [1.82, 2.24) is 9.88 Å². The summed E-state index contributed by atoms with van der Waals surface area (Å²) in [5.41, 5.74) is -0.0704. The van der Waals surface area contributed by atoms with E-state index in [2.05, 4.69) is 46.0 Å². The summed E-state index contributed by atoms with van der Waals surface area (Å²) < 4.78 is 97.9. The summed E-state index contributed by atoms with van der Waals surface area (Å²) in [6, 6.07) is 13.5. The summed E-state index contributed by atoms with van der Waals surface area (Å²) in [6.07, 6.45) is -7.49. The van der Waals surface area contributed by atoms with Gasteiger partial charge in [0, 0.05) is 47.6 Å². The van der Waals surface area contributed by atoms with Crippen LogP contribution in [0, 0.1) is 11.2 Å². The number of ether oxygens (including phenoxy) is 1. The van der Waals surface area contributed by atoms with Gasteiger partial charge in [-0.2, -0.15) is 13.2 Å². The lowest BCUT2D eigenvalue weighted by Crippen LogP contribution is -2.47. The van der Waals surface area contributed by atoms with E-state index in [0.29, 0.717) is 42.9 Å². The Morgan fingerprint density at radius 1 is 0.942 bits per heavy atom. The van der Waals surface area contributed by atoms with Gasteiger partial charge >= 0.3 is 18.6 Å². The first-order chi connectivity index (χ1) is 24.3. The number of aromatic nitrogens is 1. The topological polar surface area (TPSA) is 90.0 Å². The number of rotatable bonds is 6. The lowest BCUT2D eigenvalue weighted by atomic mass is 9.71. The average molecular weight is 732 g/mol. The molecule has 0 atom stereocenters. The van der Waals surface area contributed by atoms with Crippen molar-refractivity contribution in [2.45, 2.75) is 51.6 Å². The van der Waals surface area contributed by atoms with Crippen LogP contribution in [0.1, 0.15) is 44.9 Å². The Hall–Kier alpha value is -5.05. The Morgan fingerprint density at radius 2 is 1.62 bits per heavy atom. The summed E-state index contributed by atoms with van der Waals surface area (Å²) in [4.78, 5) is 20.8. The van der Waals surface area contributed by atoms with Crippen molar-refractivity contribution in [1.29, 1.82) is 0 Å². The van der Waals surface area contributed by atoms with Gasteiger partial charge in [-0.15, -0.1) is 13.2 Å². The van der Waals surface area contributed by atoms with E-state index in [1.807, 2.05) is 0 Å². The summed E-state index contributed by atoms with van der Waals surface area (Å²) in [6.45, 7) is 8.73. The van der Waals surface area contributed by atoms with Crippen molar-refractivity contribution in [3.8, 4) is 22.6 Å². The number of pyridine rings is 1. The SMILES string of the molecule is CC(C)(C)CN1CCC2(CC1)CN(c1ccccc1NC(=O)Nc1ccc(OC(F)(F)F)cc1)c1c(O)cc(F)c(-c3ccc(C(F)(F)F)nc3)c12. The minimum Gasteiger partial charge on any atom is -0.506 e. The zero-order valence-corrected chi connectivity index (χ0v) is 28.4. The highest BCUT2D eigenvalue weighted by Crippen LogP contribution is 2.58. The van der Waals surface area contributed by atoms with E-state index in [-0.39, 0.29) is 40.2 Å². The molecule has 0 saturated carbocycles. The maximum Gasteiger partial charge on any atom is 0.573 e. The molecule has 3 N–H and O–H groups in total. The number of carbonyl (C=O) groups is 1. The maximum atomic E-state index is 16.1. The molecular formula is C37H36F7N5O3. The Balaban J connectivity index is 1.38. The van der Waals surface area contributed by atoms with Crippen molar-refractivity contribution in [2.75, 3.05) is 41.7 Å². The molecule has 1 fully saturated rings. The van der Waals surface area contributed by atoms with Gasteiger partial charge in [-0.1, -0.05) is 39.0 Å². The smallest absolute Gasteiger partial charge is 0.506 e. The molecule has 1 aromatic heterocycles. The zero-order chi connectivity index (χ0) is 37.6. The highest BCUT2D eigenvalue weighted by molar-refractivity contribution is 6.03. The molecule has 0 bridgehead atoms. The van der Waals surface area contributed by atoms with Gasteiger partial charge in [-0.25, -0.2) is 9.18 Å². The maximum absolute atomic E-state index is 16.1. The van der Waals surface area contributed by atoms with Gasteiger partial charge in [0.05, 0.1) is 17.1 Å². The molecule has 2 amide bonds. The molecule has 2 aliphatic rings. The number of carbonyl (C=O) groups excluding carboxylic acids is 1. The summed E-state index contributed by atoms with van der Waals surface area (Å²) in [7, 11) is 0. The van der Waals surface area contributed by atoms with Crippen LogP contribution >= 0.6 is 0 Å². The van der Waals surface area contributed by atoms with Crippen LogP contribution < -0.4 is 20.3 Å². The number of nitrogens with one attached hydrogen (secondary N) is 2. The number of amides is 2. The number of benzene rings is 3. The van der Waals surface area contributed by atoms with Gasteiger partial charge in [-0.05, 0) is 79.4 Å². The Kier molecular flexibility index (Phi) is 9.53. The third-order valence-corrected chi connectivity index (χ3v) is 9.14. The third-order valence-electron chi connectivity index (χ3n) is 9.14. The van der Waals surface area contributed by atoms with Crippen molar-refractivity contribution >= 4 is 28.8 Å². The number of phenolic OH excluding ortho intramolecular Hbond substituents is 1. The second kappa shape index (κ2) is 13.5. The molecular weight excluding hydrogens is 695 g/mol. The predicted molar refractivity (Wildman–Crippen MR) is 182 cm³/mol. The molecule has 0 aliphatic carbocycles. The number of likely N-dealkylation sites (tertiary alicyclic amines) is 1. The molecule has 4 aromatic rings. The Bertz CT molecular complexity index is 1930.